The van der Waals surface area contributed by atoms with Gasteiger partial charge in [-0.05, 0) is 62.6 Å². The van der Waals surface area contributed by atoms with Gasteiger partial charge in [0.15, 0.2) is 5.78 Å². The first-order valence-corrected chi connectivity index (χ1v) is 12.5. The van der Waals surface area contributed by atoms with Gasteiger partial charge in [-0.2, -0.15) is 0 Å². The molecule has 1 aromatic carbocycles. The number of hydrogen-bond acceptors (Lipinski definition) is 7. The highest BCUT2D eigenvalue weighted by atomic mass is 16.5. The Morgan fingerprint density at radius 1 is 1.06 bits per heavy atom. The lowest BCUT2D eigenvalue weighted by molar-refractivity contribution is -0.151. The number of carbonyl (C=O) groups excluding carboxylic acids is 3. The average Bonchev–Trinajstić information content (AvgIpc) is 3.11. The van der Waals surface area contributed by atoms with Crippen molar-refractivity contribution in [1.82, 2.24) is 5.32 Å². The summed E-state index contributed by atoms with van der Waals surface area (Å²) in [4.78, 5) is 40.1. The van der Waals surface area contributed by atoms with E-state index < -0.39 is 23.8 Å². The van der Waals surface area contributed by atoms with E-state index in [1.54, 1.807) is 7.11 Å². The molecule has 1 heterocycles. The van der Waals surface area contributed by atoms with Gasteiger partial charge in [-0.1, -0.05) is 31.9 Å². The van der Waals surface area contributed by atoms with Gasteiger partial charge < -0.3 is 19.5 Å². The Balaban J connectivity index is 1.78. The van der Waals surface area contributed by atoms with Gasteiger partial charge in [0.1, 0.15) is 17.8 Å². The van der Waals surface area contributed by atoms with Crippen LogP contribution in [0.5, 0.6) is 5.75 Å². The second-order valence-electron chi connectivity index (χ2n) is 9.83. The van der Waals surface area contributed by atoms with Crippen LogP contribution >= 0.6 is 0 Å². The number of methoxy groups -OCH3 is 2. The number of benzene rings is 1. The fraction of sp³-hybridized carbons (Fsp3) is 0.536. The van der Waals surface area contributed by atoms with Crippen molar-refractivity contribution in [3.05, 3.63) is 52.4 Å². The number of dihydropyridines is 1. The third-order valence-electron chi connectivity index (χ3n) is 7.47. The van der Waals surface area contributed by atoms with E-state index in [1.165, 1.54) is 7.11 Å². The van der Waals surface area contributed by atoms with Gasteiger partial charge in [0.25, 0.3) is 0 Å². The summed E-state index contributed by atoms with van der Waals surface area (Å²) in [5, 5.41) is 3.32. The van der Waals surface area contributed by atoms with Crippen molar-refractivity contribution in [3.8, 4) is 5.75 Å². The number of esters is 2. The van der Waals surface area contributed by atoms with Crippen molar-refractivity contribution < 1.29 is 28.6 Å². The van der Waals surface area contributed by atoms with Crippen LogP contribution in [0.2, 0.25) is 0 Å². The first-order valence-electron chi connectivity index (χ1n) is 12.5. The van der Waals surface area contributed by atoms with Crippen molar-refractivity contribution in [1.29, 1.82) is 0 Å². The maximum absolute atomic E-state index is 13.8. The van der Waals surface area contributed by atoms with E-state index in [0.29, 0.717) is 29.0 Å². The number of carbonyl (C=O) groups is 3. The molecule has 1 N–H and O–H groups in total. The molecule has 0 spiro atoms. The van der Waals surface area contributed by atoms with E-state index in [4.69, 9.17) is 14.2 Å². The van der Waals surface area contributed by atoms with Crippen LogP contribution in [0.1, 0.15) is 70.3 Å². The molecule has 3 aliphatic rings. The summed E-state index contributed by atoms with van der Waals surface area (Å²) in [6.07, 6.45) is 6.47. The average molecular weight is 482 g/mol. The number of hydrogen-bond donors (Lipinski definition) is 1. The molecular weight excluding hydrogens is 446 g/mol. The van der Waals surface area contributed by atoms with Crippen LogP contribution in [0.25, 0.3) is 0 Å². The van der Waals surface area contributed by atoms with Gasteiger partial charge in [-0.25, -0.2) is 4.79 Å². The topological polar surface area (TPSA) is 90.9 Å². The smallest absolute Gasteiger partial charge is 0.337 e. The fourth-order valence-corrected chi connectivity index (χ4v) is 5.68. The van der Waals surface area contributed by atoms with Crippen LogP contribution in [0, 0.1) is 11.8 Å². The van der Waals surface area contributed by atoms with Crippen LogP contribution in [0.3, 0.4) is 0 Å². The second kappa shape index (κ2) is 10.7. The Morgan fingerprint density at radius 2 is 1.77 bits per heavy atom. The van der Waals surface area contributed by atoms with E-state index in [1.807, 2.05) is 38.1 Å². The molecule has 1 aliphatic heterocycles. The summed E-state index contributed by atoms with van der Waals surface area (Å²) in [5.74, 6) is -2.44. The summed E-state index contributed by atoms with van der Waals surface area (Å²) in [6.45, 7) is 3.72. The van der Waals surface area contributed by atoms with E-state index in [0.717, 1.165) is 49.8 Å². The van der Waals surface area contributed by atoms with Gasteiger partial charge in [0, 0.05) is 22.9 Å². The summed E-state index contributed by atoms with van der Waals surface area (Å²) in [6, 6.07) is 7.38. The molecule has 0 aromatic heterocycles. The molecule has 3 atom stereocenters. The number of allylic oxidation sites excluding steroid dienone is 3. The fourth-order valence-electron chi connectivity index (χ4n) is 5.68. The van der Waals surface area contributed by atoms with Gasteiger partial charge in [0.2, 0.25) is 0 Å². The van der Waals surface area contributed by atoms with Crippen molar-refractivity contribution in [2.75, 3.05) is 14.2 Å². The normalized spacial score (nSPS) is 25.4. The first-order chi connectivity index (χ1) is 16.8. The summed E-state index contributed by atoms with van der Waals surface area (Å²) in [5.41, 5.74) is 3.01. The van der Waals surface area contributed by atoms with Crippen molar-refractivity contribution >= 4 is 17.7 Å². The Morgan fingerprint density at radius 3 is 2.43 bits per heavy atom. The molecule has 0 amide bonds. The van der Waals surface area contributed by atoms with Gasteiger partial charge in [-0.15, -0.1) is 0 Å². The second-order valence-corrected chi connectivity index (χ2v) is 9.83. The number of rotatable bonds is 5. The SMILES string of the molecule is COC(=O)[C@H]1C(=O)C2=C(C[C@H]1C)NC(C)=C(C(=O)OC1CCCCCC1)[C@@H]2c1cccc(OC)c1. The Labute approximate surface area is 206 Å². The van der Waals surface area contributed by atoms with Gasteiger partial charge in [-0.3, -0.25) is 9.59 Å². The van der Waals surface area contributed by atoms with Crippen molar-refractivity contribution in [3.63, 3.8) is 0 Å². The highest BCUT2D eigenvalue weighted by Gasteiger charge is 2.47. The molecule has 1 aromatic rings. The van der Waals surface area contributed by atoms with Gasteiger partial charge in [0.05, 0.1) is 19.8 Å². The molecular formula is C28H35NO6. The zero-order valence-corrected chi connectivity index (χ0v) is 21.0. The van der Waals surface area contributed by atoms with Crippen LogP contribution in [0.4, 0.5) is 0 Å². The minimum Gasteiger partial charge on any atom is -0.497 e. The summed E-state index contributed by atoms with van der Waals surface area (Å²) in [7, 11) is 2.87. The maximum atomic E-state index is 13.8. The molecule has 35 heavy (non-hydrogen) atoms. The predicted molar refractivity (Wildman–Crippen MR) is 130 cm³/mol. The van der Waals surface area contributed by atoms with Crippen LogP contribution < -0.4 is 10.1 Å². The van der Waals surface area contributed by atoms with E-state index in [9.17, 15) is 14.4 Å². The van der Waals surface area contributed by atoms with Crippen molar-refractivity contribution in [2.45, 2.75) is 70.8 Å². The number of ketones is 1. The minimum absolute atomic E-state index is 0.128. The van der Waals surface area contributed by atoms with E-state index in [-0.39, 0.29) is 17.8 Å². The lowest BCUT2D eigenvalue weighted by Gasteiger charge is -2.38. The predicted octanol–water partition coefficient (Wildman–Crippen LogP) is 4.57. The lowest BCUT2D eigenvalue weighted by Crippen LogP contribution is -2.43. The first kappa shape index (κ1) is 25.0. The molecule has 0 saturated heterocycles. The van der Waals surface area contributed by atoms with Crippen LogP contribution in [0.15, 0.2) is 46.8 Å². The highest BCUT2D eigenvalue weighted by Crippen LogP contribution is 2.46. The number of nitrogens with one attached hydrogen (secondary N) is 1. The molecule has 1 saturated carbocycles. The van der Waals surface area contributed by atoms with Crippen LogP contribution in [-0.2, 0) is 23.9 Å². The quantitative estimate of drug-likeness (QED) is 0.374. The molecule has 7 heteroatoms. The molecule has 2 aliphatic carbocycles. The van der Waals surface area contributed by atoms with Crippen LogP contribution in [-0.4, -0.2) is 38.0 Å². The Hall–Kier alpha value is -3.09. The van der Waals surface area contributed by atoms with E-state index >= 15 is 0 Å². The Bertz CT molecular complexity index is 1060. The summed E-state index contributed by atoms with van der Waals surface area (Å²) < 4.78 is 16.4. The van der Waals surface area contributed by atoms with Gasteiger partial charge >= 0.3 is 11.9 Å². The zero-order chi connectivity index (χ0) is 25.1. The molecule has 1 fully saturated rings. The molecule has 0 radical (unpaired) electrons. The molecule has 7 nitrogen and oxygen atoms in total. The standard InChI is InChI=1S/C28H35NO6/c1-16-14-21-25(26(30)22(16)27(31)34-4)24(18-10-9-13-20(15-18)33-3)23(17(2)29-21)28(32)35-19-11-7-5-6-8-12-19/h9-10,13,15-16,19,22,24,29H,5-8,11-12,14H2,1-4H3/t16-,22-,24+/m1/s1. The van der Waals surface area contributed by atoms with Crippen molar-refractivity contribution in [2.24, 2.45) is 11.8 Å². The largest absolute Gasteiger partial charge is 0.497 e. The zero-order valence-electron chi connectivity index (χ0n) is 21.0. The molecule has 4 rings (SSSR count). The molecule has 0 bridgehead atoms. The van der Waals surface area contributed by atoms with E-state index in [2.05, 4.69) is 5.32 Å². The third kappa shape index (κ3) is 5.00. The Kier molecular flexibility index (Phi) is 7.63. The third-order valence-corrected chi connectivity index (χ3v) is 7.47. The lowest BCUT2D eigenvalue weighted by atomic mass is 9.69. The molecule has 188 valence electrons. The maximum Gasteiger partial charge on any atom is 0.337 e. The number of Topliss-reactive ketones (excluding diaryl/α,β-unsaturated/α-hetero) is 1. The molecule has 0 unspecified atom stereocenters. The monoisotopic (exact) mass is 481 g/mol. The number of ether oxygens (including phenoxy) is 3. The highest BCUT2D eigenvalue weighted by molar-refractivity contribution is 6.12. The summed E-state index contributed by atoms with van der Waals surface area (Å²) >= 11 is 0. The minimum atomic E-state index is -0.911.